The van der Waals surface area contributed by atoms with E-state index in [0.717, 1.165) is 30.3 Å². The van der Waals surface area contributed by atoms with Crippen molar-refractivity contribution in [3.05, 3.63) is 29.8 Å². The van der Waals surface area contributed by atoms with Gasteiger partial charge in [0.15, 0.2) is 0 Å². The fourth-order valence-corrected chi connectivity index (χ4v) is 2.08. The molecule has 0 N–H and O–H groups in total. The average Bonchev–Trinajstić information content (AvgIpc) is 2.34. The quantitative estimate of drug-likeness (QED) is 0.676. The van der Waals surface area contributed by atoms with Crippen LogP contribution in [0, 0.1) is 5.92 Å². The predicted octanol–water partition coefficient (Wildman–Crippen LogP) is 4.90. The lowest BCUT2D eigenvalue weighted by atomic mass is 10.1. The average molecular weight is 325 g/mol. The Morgan fingerprint density at radius 2 is 1.83 bits per heavy atom. The first-order valence-electron chi connectivity index (χ1n) is 5.83. The van der Waals surface area contributed by atoms with Gasteiger partial charge >= 0.3 is 6.18 Å². The standard InChI is InChI=1S/C13H16BrF3O/c1-2-3-10(8-14)9-18-12-6-4-11(5-7-12)13(15,16)17/h4-7,10H,2-3,8-9H2,1H3. The van der Waals surface area contributed by atoms with Gasteiger partial charge in [0.05, 0.1) is 12.2 Å². The SMILES string of the molecule is CCCC(CBr)COc1ccc(C(F)(F)F)cc1. The Hall–Kier alpha value is -0.710. The molecule has 1 nitrogen and oxygen atoms in total. The van der Waals surface area contributed by atoms with E-state index < -0.39 is 11.7 Å². The van der Waals surface area contributed by atoms with Crippen LogP contribution in [0.1, 0.15) is 25.3 Å². The summed E-state index contributed by atoms with van der Waals surface area (Å²) in [5.74, 6) is 0.863. The summed E-state index contributed by atoms with van der Waals surface area (Å²) in [6, 6.07) is 4.80. The molecule has 5 heteroatoms. The molecule has 0 aliphatic rings. The molecule has 0 bridgehead atoms. The van der Waals surface area contributed by atoms with Gasteiger partial charge in [-0.15, -0.1) is 0 Å². The summed E-state index contributed by atoms with van der Waals surface area (Å²) < 4.78 is 42.5. The summed E-state index contributed by atoms with van der Waals surface area (Å²) in [5.41, 5.74) is -0.652. The molecule has 0 aliphatic heterocycles. The van der Waals surface area contributed by atoms with Crippen molar-refractivity contribution in [2.45, 2.75) is 25.9 Å². The highest BCUT2D eigenvalue weighted by Gasteiger charge is 2.30. The van der Waals surface area contributed by atoms with Gasteiger partial charge in [-0.3, -0.25) is 0 Å². The zero-order valence-electron chi connectivity index (χ0n) is 10.1. The Morgan fingerprint density at radius 3 is 2.28 bits per heavy atom. The molecule has 0 heterocycles. The van der Waals surface area contributed by atoms with E-state index in [0.29, 0.717) is 18.3 Å². The van der Waals surface area contributed by atoms with E-state index in [-0.39, 0.29) is 0 Å². The highest BCUT2D eigenvalue weighted by Crippen LogP contribution is 2.30. The Labute approximate surface area is 113 Å². The summed E-state index contributed by atoms with van der Waals surface area (Å²) in [6.07, 6.45) is -2.20. The Kier molecular flexibility index (Phi) is 5.99. The first-order valence-corrected chi connectivity index (χ1v) is 6.95. The molecule has 102 valence electrons. The molecule has 0 saturated heterocycles. The summed E-state index contributed by atoms with van der Waals surface area (Å²) in [7, 11) is 0. The van der Waals surface area contributed by atoms with Crippen molar-refractivity contribution in [2.75, 3.05) is 11.9 Å². The van der Waals surface area contributed by atoms with Gasteiger partial charge in [-0.1, -0.05) is 29.3 Å². The third kappa shape index (κ3) is 4.88. The largest absolute Gasteiger partial charge is 0.493 e. The molecule has 18 heavy (non-hydrogen) atoms. The van der Waals surface area contributed by atoms with Gasteiger partial charge in [-0.05, 0) is 30.7 Å². The monoisotopic (exact) mass is 324 g/mol. The van der Waals surface area contributed by atoms with Crippen LogP contribution in [0.4, 0.5) is 13.2 Å². The van der Waals surface area contributed by atoms with Crippen molar-refractivity contribution < 1.29 is 17.9 Å². The van der Waals surface area contributed by atoms with Crippen LogP contribution in [0.15, 0.2) is 24.3 Å². The molecular weight excluding hydrogens is 309 g/mol. The van der Waals surface area contributed by atoms with Gasteiger partial charge in [-0.25, -0.2) is 0 Å². The van der Waals surface area contributed by atoms with Crippen molar-refractivity contribution in [3.63, 3.8) is 0 Å². The van der Waals surface area contributed by atoms with E-state index in [4.69, 9.17) is 4.74 Å². The minimum atomic E-state index is -4.29. The summed E-state index contributed by atoms with van der Waals surface area (Å²) in [4.78, 5) is 0. The maximum atomic E-state index is 12.3. The molecule has 1 atom stereocenters. The maximum absolute atomic E-state index is 12.3. The fraction of sp³-hybridized carbons (Fsp3) is 0.538. The van der Waals surface area contributed by atoms with E-state index in [2.05, 4.69) is 22.9 Å². The molecule has 0 fully saturated rings. The normalized spacial score (nSPS) is 13.4. The van der Waals surface area contributed by atoms with Crippen LogP contribution < -0.4 is 4.74 Å². The van der Waals surface area contributed by atoms with Crippen molar-refractivity contribution in [3.8, 4) is 5.75 Å². The number of alkyl halides is 4. The third-order valence-corrected chi connectivity index (χ3v) is 3.50. The van der Waals surface area contributed by atoms with Crippen LogP contribution in [0.25, 0.3) is 0 Å². The van der Waals surface area contributed by atoms with E-state index >= 15 is 0 Å². The van der Waals surface area contributed by atoms with Gasteiger partial charge in [0.25, 0.3) is 0 Å². The van der Waals surface area contributed by atoms with Gasteiger partial charge in [-0.2, -0.15) is 13.2 Å². The summed E-state index contributed by atoms with van der Waals surface area (Å²) in [5, 5.41) is 0.835. The first-order chi connectivity index (χ1) is 8.47. The molecule has 0 radical (unpaired) electrons. The van der Waals surface area contributed by atoms with Crippen molar-refractivity contribution in [1.82, 2.24) is 0 Å². The van der Waals surface area contributed by atoms with Crippen LogP contribution in [0.3, 0.4) is 0 Å². The van der Waals surface area contributed by atoms with E-state index in [1.54, 1.807) is 0 Å². The lowest BCUT2D eigenvalue weighted by Crippen LogP contribution is -2.13. The predicted molar refractivity (Wildman–Crippen MR) is 69.1 cm³/mol. The molecule has 0 spiro atoms. The van der Waals surface area contributed by atoms with Crippen LogP contribution >= 0.6 is 15.9 Å². The molecular formula is C13H16BrF3O. The Bertz CT molecular complexity index is 348. The van der Waals surface area contributed by atoms with Gasteiger partial charge in [0.2, 0.25) is 0 Å². The molecule has 1 unspecified atom stereocenters. The number of halogens is 4. The van der Waals surface area contributed by atoms with Crippen molar-refractivity contribution >= 4 is 15.9 Å². The summed E-state index contributed by atoms with van der Waals surface area (Å²) in [6.45, 7) is 2.61. The molecule has 0 aliphatic carbocycles. The lowest BCUT2D eigenvalue weighted by molar-refractivity contribution is -0.137. The van der Waals surface area contributed by atoms with Crippen LogP contribution in [-0.4, -0.2) is 11.9 Å². The highest BCUT2D eigenvalue weighted by molar-refractivity contribution is 9.09. The number of hydrogen-bond donors (Lipinski definition) is 0. The second-order valence-electron chi connectivity index (χ2n) is 4.14. The topological polar surface area (TPSA) is 9.23 Å². The molecule has 0 saturated carbocycles. The zero-order chi connectivity index (χ0) is 13.6. The lowest BCUT2D eigenvalue weighted by Gasteiger charge is -2.14. The van der Waals surface area contributed by atoms with Gasteiger partial charge < -0.3 is 4.74 Å². The van der Waals surface area contributed by atoms with Crippen LogP contribution in [0.2, 0.25) is 0 Å². The highest BCUT2D eigenvalue weighted by atomic mass is 79.9. The minimum absolute atomic E-state index is 0.386. The van der Waals surface area contributed by atoms with Crippen molar-refractivity contribution in [2.24, 2.45) is 5.92 Å². The molecule has 1 aromatic carbocycles. The molecule has 0 amide bonds. The smallest absolute Gasteiger partial charge is 0.416 e. The molecule has 1 aromatic rings. The van der Waals surface area contributed by atoms with E-state index in [9.17, 15) is 13.2 Å². The van der Waals surface area contributed by atoms with Crippen LogP contribution in [-0.2, 0) is 6.18 Å². The van der Waals surface area contributed by atoms with E-state index in [1.165, 1.54) is 12.1 Å². The van der Waals surface area contributed by atoms with Crippen LogP contribution in [0.5, 0.6) is 5.75 Å². The number of benzene rings is 1. The minimum Gasteiger partial charge on any atom is -0.493 e. The number of ether oxygens (including phenoxy) is 1. The van der Waals surface area contributed by atoms with E-state index in [1.807, 2.05) is 0 Å². The second-order valence-corrected chi connectivity index (χ2v) is 4.79. The zero-order valence-corrected chi connectivity index (χ0v) is 11.7. The maximum Gasteiger partial charge on any atom is 0.416 e. The number of rotatable bonds is 6. The molecule has 1 rings (SSSR count). The number of hydrogen-bond acceptors (Lipinski definition) is 1. The first kappa shape index (κ1) is 15.3. The van der Waals surface area contributed by atoms with Gasteiger partial charge in [0, 0.05) is 11.2 Å². The van der Waals surface area contributed by atoms with Crippen molar-refractivity contribution in [1.29, 1.82) is 0 Å². The van der Waals surface area contributed by atoms with Gasteiger partial charge in [0.1, 0.15) is 5.75 Å². The molecule has 0 aromatic heterocycles. The fourth-order valence-electron chi connectivity index (χ4n) is 1.57. The summed E-state index contributed by atoms with van der Waals surface area (Å²) >= 11 is 3.40. The Balaban J connectivity index is 2.53. The third-order valence-electron chi connectivity index (χ3n) is 2.58. The second kappa shape index (κ2) is 7.02. The Morgan fingerprint density at radius 1 is 1.22 bits per heavy atom.